The quantitative estimate of drug-likeness (QED) is 0.315. The van der Waals surface area contributed by atoms with Gasteiger partial charge in [-0.3, -0.25) is 0 Å². The number of nitrogens with zero attached hydrogens (tertiary/aromatic N) is 1. The molecule has 0 radical (unpaired) electrons. The molecule has 0 bridgehead atoms. The number of oxime groups is 1. The SMILES string of the molecule is CCOC(=O)c1[nH]c(-c2ccccc2)c(C=NO)c1-c1ccccc1. The van der Waals surface area contributed by atoms with Gasteiger partial charge in [0, 0.05) is 11.1 Å². The van der Waals surface area contributed by atoms with Gasteiger partial charge in [-0.15, -0.1) is 0 Å². The molecule has 0 saturated heterocycles. The highest BCUT2D eigenvalue weighted by atomic mass is 16.5. The largest absolute Gasteiger partial charge is 0.461 e. The molecule has 3 aromatic rings. The lowest BCUT2D eigenvalue weighted by Gasteiger charge is -2.05. The summed E-state index contributed by atoms with van der Waals surface area (Å²) in [6, 6.07) is 19.0. The molecule has 0 aliphatic carbocycles. The highest BCUT2D eigenvalue weighted by molar-refractivity contribution is 6.06. The molecule has 2 aromatic carbocycles. The average Bonchev–Trinajstić information content (AvgIpc) is 3.03. The second-order valence-corrected chi connectivity index (χ2v) is 5.36. The standard InChI is InChI=1S/C20H18N2O3/c1-2-25-20(23)19-17(14-9-5-3-6-10-14)16(13-21-24)18(22-19)15-11-7-4-8-12-15/h3-13,22,24H,2H2,1H3. The van der Waals surface area contributed by atoms with Crippen molar-refractivity contribution < 1.29 is 14.7 Å². The molecule has 0 saturated carbocycles. The fourth-order valence-electron chi connectivity index (χ4n) is 2.79. The highest BCUT2D eigenvalue weighted by Crippen LogP contribution is 2.35. The summed E-state index contributed by atoms with van der Waals surface area (Å²) < 4.78 is 5.20. The summed E-state index contributed by atoms with van der Waals surface area (Å²) in [5.41, 5.74) is 4.02. The number of ether oxygens (including phenoxy) is 1. The van der Waals surface area contributed by atoms with Crippen LogP contribution in [0.25, 0.3) is 22.4 Å². The summed E-state index contributed by atoms with van der Waals surface area (Å²) in [5.74, 6) is -0.448. The molecule has 0 aliphatic rings. The number of H-pyrrole nitrogens is 1. The molecular weight excluding hydrogens is 316 g/mol. The van der Waals surface area contributed by atoms with Crippen LogP contribution in [0.1, 0.15) is 23.0 Å². The number of aromatic nitrogens is 1. The third-order valence-corrected chi connectivity index (χ3v) is 3.83. The number of carbonyl (C=O) groups is 1. The van der Waals surface area contributed by atoms with Gasteiger partial charge in [0.25, 0.3) is 0 Å². The molecule has 1 heterocycles. The van der Waals surface area contributed by atoms with E-state index in [-0.39, 0.29) is 6.61 Å². The van der Waals surface area contributed by atoms with E-state index in [1.54, 1.807) is 6.92 Å². The van der Waals surface area contributed by atoms with E-state index in [0.29, 0.717) is 22.5 Å². The lowest BCUT2D eigenvalue weighted by Crippen LogP contribution is -2.06. The zero-order valence-electron chi connectivity index (χ0n) is 13.8. The predicted molar refractivity (Wildman–Crippen MR) is 97.0 cm³/mol. The monoisotopic (exact) mass is 334 g/mol. The van der Waals surface area contributed by atoms with Crippen molar-refractivity contribution in [3.8, 4) is 22.4 Å². The first-order valence-corrected chi connectivity index (χ1v) is 7.97. The molecule has 25 heavy (non-hydrogen) atoms. The van der Waals surface area contributed by atoms with E-state index in [1.165, 1.54) is 6.21 Å². The van der Waals surface area contributed by atoms with E-state index < -0.39 is 5.97 Å². The number of esters is 1. The average molecular weight is 334 g/mol. The summed E-state index contributed by atoms with van der Waals surface area (Å²) in [6.45, 7) is 2.04. The molecule has 5 nitrogen and oxygen atoms in total. The Bertz CT molecular complexity index is 884. The third kappa shape index (κ3) is 3.30. The van der Waals surface area contributed by atoms with Gasteiger partial charge in [-0.1, -0.05) is 65.8 Å². The smallest absolute Gasteiger partial charge is 0.355 e. The zero-order chi connectivity index (χ0) is 17.6. The Morgan fingerprint density at radius 2 is 1.68 bits per heavy atom. The van der Waals surface area contributed by atoms with Crippen LogP contribution in [0.2, 0.25) is 0 Å². The van der Waals surface area contributed by atoms with E-state index in [9.17, 15) is 4.79 Å². The fraction of sp³-hybridized carbons (Fsp3) is 0.100. The van der Waals surface area contributed by atoms with Gasteiger partial charge in [-0.2, -0.15) is 0 Å². The number of hydrogen-bond acceptors (Lipinski definition) is 4. The van der Waals surface area contributed by atoms with Gasteiger partial charge in [-0.05, 0) is 18.1 Å². The Morgan fingerprint density at radius 1 is 1.08 bits per heavy atom. The fourth-order valence-corrected chi connectivity index (χ4v) is 2.79. The van der Waals surface area contributed by atoms with Crippen molar-refractivity contribution in [3.05, 3.63) is 71.9 Å². The van der Waals surface area contributed by atoms with Crippen LogP contribution in [0.3, 0.4) is 0 Å². The van der Waals surface area contributed by atoms with Gasteiger partial charge in [-0.25, -0.2) is 4.79 Å². The molecule has 0 spiro atoms. The van der Waals surface area contributed by atoms with Gasteiger partial charge < -0.3 is 14.9 Å². The third-order valence-electron chi connectivity index (χ3n) is 3.83. The van der Waals surface area contributed by atoms with Crippen LogP contribution < -0.4 is 0 Å². The Labute approximate surface area is 145 Å². The van der Waals surface area contributed by atoms with E-state index in [2.05, 4.69) is 10.1 Å². The zero-order valence-corrected chi connectivity index (χ0v) is 13.8. The molecule has 3 rings (SSSR count). The minimum Gasteiger partial charge on any atom is -0.461 e. The Hall–Kier alpha value is -3.34. The molecule has 2 N–H and O–H groups in total. The molecule has 5 heteroatoms. The molecule has 0 amide bonds. The Kier molecular flexibility index (Phi) is 4.95. The van der Waals surface area contributed by atoms with Crippen LogP contribution >= 0.6 is 0 Å². The Morgan fingerprint density at radius 3 is 2.24 bits per heavy atom. The molecule has 0 unspecified atom stereocenters. The first-order chi connectivity index (χ1) is 12.3. The normalized spacial score (nSPS) is 10.9. The summed E-state index contributed by atoms with van der Waals surface area (Å²) in [6.07, 6.45) is 1.34. The molecular formula is C20H18N2O3. The van der Waals surface area contributed by atoms with Gasteiger partial charge in [0.15, 0.2) is 0 Å². The van der Waals surface area contributed by atoms with Gasteiger partial charge >= 0.3 is 5.97 Å². The maximum atomic E-state index is 12.5. The molecule has 1 aromatic heterocycles. The van der Waals surface area contributed by atoms with Crippen molar-refractivity contribution in [1.29, 1.82) is 0 Å². The lowest BCUT2D eigenvalue weighted by molar-refractivity contribution is 0.0521. The maximum Gasteiger partial charge on any atom is 0.355 e. The minimum atomic E-state index is -0.448. The topological polar surface area (TPSA) is 74.7 Å². The minimum absolute atomic E-state index is 0.274. The molecule has 0 atom stereocenters. The van der Waals surface area contributed by atoms with Crippen LogP contribution in [0.15, 0.2) is 65.8 Å². The van der Waals surface area contributed by atoms with Crippen LogP contribution in [-0.2, 0) is 4.74 Å². The van der Waals surface area contributed by atoms with Crippen LogP contribution in [0.4, 0.5) is 0 Å². The first-order valence-electron chi connectivity index (χ1n) is 7.97. The lowest BCUT2D eigenvalue weighted by atomic mass is 9.98. The van der Waals surface area contributed by atoms with E-state index >= 15 is 0 Å². The van der Waals surface area contributed by atoms with Crippen LogP contribution in [0, 0.1) is 0 Å². The number of hydrogen-bond donors (Lipinski definition) is 2. The van der Waals surface area contributed by atoms with Gasteiger partial charge in [0.2, 0.25) is 0 Å². The second-order valence-electron chi connectivity index (χ2n) is 5.36. The van der Waals surface area contributed by atoms with Gasteiger partial charge in [0.05, 0.1) is 18.5 Å². The summed E-state index contributed by atoms with van der Waals surface area (Å²) in [5, 5.41) is 12.4. The van der Waals surface area contributed by atoms with Crippen molar-refractivity contribution in [2.24, 2.45) is 5.16 Å². The summed E-state index contributed by atoms with van der Waals surface area (Å²) in [4.78, 5) is 15.6. The molecule has 0 fully saturated rings. The first kappa shape index (κ1) is 16.5. The van der Waals surface area contributed by atoms with Crippen molar-refractivity contribution in [2.45, 2.75) is 6.92 Å². The van der Waals surface area contributed by atoms with E-state index in [0.717, 1.165) is 11.1 Å². The van der Waals surface area contributed by atoms with Crippen molar-refractivity contribution in [2.75, 3.05) is 6.61 Å². The van der Waals surface area contributed by atoms with E-state index in [4.69, 9.17) is 9.94 Å². The van der Waals surface area contributed by atoms with Crippen molar-refractivity contribution in [1.82, 2.24) is 4.98 Å². The van der Waals surface area contributed by atoms with Crippen LogP contribution in [0.5, 0.6) is 0 Å². The Balaban J connectivity index is 2.29. The predicted octanol–water partition coefficient (Wildman–Crippen LogP) is 4.33. The molecule has 0 aliphatic heterocycles. The summed E-state index contributed by atoms with van der Waals surface area (Å²) >= 11 is 0. The maximum absolute atomic E-state index is 12.5. The number of rotatable bonds is 5. The van der Waals surface area contributed by atoms with Crippen molar-refractivity contribution in [3.63, 3.8) is 0 Å². The highest BCUT2D eigenvalue weighted by Gasteiger charge is 2.24. The van der Waals surface area contributed by atoms with E-state index in [1.807, 2.05) is 60.7 Å². The number of benzene rings is 2. The van der Waals surface area contributed by atoms with Crippen molar-refractivity contribution >= 4 is 12.2 Å². The number of aromatic amines is 1. The summed E-state index contributed by atoms with van der Waals surface area (Å²) in [7, 11) is 0. The van der Waals surface area contributed by atoms with Crippen LogP contribution in [-0.4, -0.2) is 29.0 Å². The second kappa shape index (κ2) is 7.49. The van der Waals surface area contributed by atoms with Gasteiger partial charge in [0.1, 0.15) is 5.69 Å². The number of carbonyl (C=O) groups excluding carboxylic acids is 1. The number of nitrogens with one attached hydrogen (secondary N) is 1. The molecule has 126 valence electrons.